The number of piperidine rings is 1. The second kappa shape index (κ2) is 6.75. The van der Waals surface area contributed by atoms with Gasteiger partial charge in [-0.3, -0.25) is 0 Å². The summed E-state index contributed by atoms with van der Waals surface area (Å²) in [6, 6.07) is 8.46. The van der Waals surface area contributed by atoms with Gasteiger partial charge in [-0.05, 0) is 63.8 Å². The molecule has 1 fully saturated rings. The van der Waals surface area contributed by atoms with Gasteiger partial charge in [0.25, 0.3) is 0 Å². The van der Waals surface area contributed by atoms with E-state index in [0.29, 0.717) is 5.92 Å². The first-order chi connectivity index (χ1) is 11.4. The van der Waals surface area contributed by atoms with Gasteiger partial charge in [-0.25, -0.2) is 4.79 Å². The van der Waals surface area contributed by atoms with Crippen LogP contribution >= 0.6 is 0 Å². The first kappa shape index (κ1) is 16.7. The van der Waals surface area contributed by atoms with E-state index in [9.17, 15) is 4.79 Å². The lowest BCUT2D eigenvalue weighted by Gasteiger charge is -2.33. The molecule has 24 heavy (non-hydrogen) atoms. The second-order valence-corrected chi connectivity index (χ2v) is 7.57. The fourth-order valence-electron chi connectivity index (χ4n) is 3.07. The highest BCUT2D eigenvalue weighted by Gasteiger charge is 2.26. The summed E-state index contributed by atoms with van der Waals surface area (Å²) in [6.07, 6.45) is 3.80. The predicted molar refractivity (Wildman–Crippen MR) is 97.3 cm³/mol. The molecule has 0 saturated carbocycles. The van der Waals surface area contributed by atoms with Gasteiger partial charge in [0.05, 0.1) is 0 Å². The first-order valence-corrected chi connectivity index (χ1v) is 8.70. The molecule has 2 heterocycles. The number of hydrogen-bond donors (Lipinski definition) is 2. The molecule has 1 aliphatic heterocycles. The number of nitrogens with zero attached hydrogens (tertiary/aromatic N) is 1. The Morgan fingerprint density at radius 3 is 2.75 bits per heavy atom. The van der Waals surface area contributed by atoms with Crippen molar-refractivity contribution in [2.24, 2.45) is 5.92 Å². The van der Waals surface area contributed by atoms with Crippen LogP contribution in [0.2, 0.25) is 0 Å². The van der Waals surface area contributed by atoms with Gasteiger partial charge in [0, 0.05) is 42.4 Å². The van der Waals surface area contributed by atoms with Gasteiger partial charge in [0.1, 0.15) is 5.60 Å². The smallest absolute Gasteiger partial charge is 0.410 e. The molecule has 0 radical (unpaired) electrons. The summed E-state index contributed by atoms with van der Waals surface area (Å²) >= 11 is 0. The van der Waals surface area contributed by atoms with E-state index in [4.69, 9.17) is 4.74 Å². The number of benzene rings is 1. The molecule has 130 valence electrons. The van der Waals surface area contributed by atoms with E-state index in [2.05, 4.69) is 34.6 Å². The molecule has 1 aromatic carbocycles. The van der Waals surface area contributed by atoms with Gasteiger partial charge in [-0.15, -0.1) is 0 Å². The van der Waals surface area contributed by atoms with Gasteiger partial charge in [-0.1, -0.05) is 0 Å². The number of hydrogen-bond acceptors (Lipinski definition) is 3. The van der Waals surface area contributed by atoms with Crippen LogP contribution in [0.3, 0.4) is 0 Å². The first-order valence-electron chi connectivity index (χ1n) is 8.70. The van der Waals surface area contributed by atoms with E-state index in [-0.39, 0.29) is 6.09 Å². The van der Waals surface area contributed by atoms with Crippen molar-refractivity contribution in [2.75, 3.05) is 25.0 Å². The Labute approximate surface area is 143 Å². The highest BCUT2D eigenvalue weighted by atomic mass is 16.6. The minimum absolute atomic E-state index is 0.188. The average molecular weight is 329 g/mol. The number of aromatic nitrogens is 1. The molecule has 0 unspecified atom stereocenters. The molecule has 5 nitrogen and oxygen atoms in total. The number of likely N-dealkylation sites (tertiary alicyclic amines) is 1. The summed E-state index contributed by atoms with van der Waals surface area (Å²) in [6.45, 7) is 8.21. The number of carbonyl (C=O) groups excluding carboxylic acids is 1. The van der Waals surface area contributed by atoms with Crippen LogP contribution in [0, 0.1) is 5.92 Å². The number of carbonyl (C=O) groups is 1. The van der Waals surface area contributed by atoms with Crippen LogP contribution in [-0.2, 0) is 4.74 Å². The number of nitrogens with one attached hydrogen (secondary N) is 2. The molecule has 1 amide bonds. The van der Waals surface area contributed by atoms with E-state index in [1.165, 1.54) is 5.39 Å². The Morgan fingerprint density at radius 1 is 1.29 bits per heavy atom. The summed E-state index contributed by atoms with van der Waals surface area (Å²) in [5.74, 6) is 0.589. The van der Waals surface area contributed by atoms with Crippen molar-refractivity contribution in [1.82, 2.24) is 9.88 Å². The number of amides is 1. The maximum Gasteiger partial charge on any atom is 0.410 e. The largest absolute Gasteiger partial charge is 0.444 e. The lowest BCUT2D eigenvalue weighted by Crippen LogP contribution is -2.42. The molecule has 1 aromatic heterocycles. The molecule has 1 saturated heterocycles. The van der Waals surface area contributed by atoms with Crippen molar-refractivity contribution >= 4 is 22.7 Å². The maximum atomic E-state index is 12.1. The summed E-state index contributed by atoms with van der Waals surface area (Å²) in [4.78, 5) is 17.1. The number of anilines is 1. The third-order valence-corrected chi connectivity index (χ3v) is 4.41. The van der Waals surface area contributed by atoms with Crippen LogP contribution in [0.4, 0.5) is 10.5 Å². The average Bonchev–Trinajstić information content (AvgIpc) is 2.99. The molecule has 2 N–H and O–H groups in total. The fraction of sp³-hybridized carbons (Fsp3) is 0.526. The zero-order chi connectivity index (χ0) is 17.2. The molecule has 2 aromatic rings. The van der Waals surface area contributed by atoms with E-state index >= 15 is 0 Å². The van der Waals surface area contributed by atoms with Crippen molar-refractivity contribution in [3.63, 3.8) is 0 Å². The van der Waals surface area contributed by atoms with E-state index in [1.807, 2.05) is 31.9 Å². The summed E-state index contributed by atoms with van der Waals surface area (Å²) < 4.78 is 5.44. The van der Waals surface area contributed by atoms with Gasteiger partial charge >= 0.3 is 6.09 Å². The molecular formula is C19H27N3O2. The quantitative estimate of drug-likeness (QED) is 0.886. The van der Waals surface area contributed by atoms with Crippen LogP contribution in [0.25, 0.3) is 10.9 Å². The minimum atomic E-state index is -0.424. The van der Waals surface area contributed by atoms with Crippen LogP contribution in [-0.4, -0.2) is 41.2 Å². The minimum Gasteiger partial charge on any atom is -0.444 e. The summed E-state index contributed by atoms with van der Waals surface area (Å²) in [5.41, 5.74) is 1.88. The second-order valence-electron chi connectivity index (χ2n) is 7.57. The third-order valence-electron chi connectivity index (χ3n) is 4.41. The number of fused-ring (bicyclic) bond motifs is 1. The van der Waals surface area contributed by atoms with Crippen LogP contribution in [0.5, 0.6) is 0 Å². The number of aromatic amines is 1. The van der Waals surface area contributed by atoms with Crippen molar-refractivity contribution in [3.05, 3.63) is 30.5 Å². The van der Waals surface area contributed by atoms with Gasteiger partial charge < -0.3 is 19.9 Å². The number of rotatable bonds is 3. The zero-order valence-electron chi connectivity index (χ0n) is 14.8. The van der Waals surface area contributed by atoms with Gasteiger partial charge in [-0.2, -0.15) is 0 Å². The molecule has 0 spiro atoms. The van der Waals surface area contributed by atoms with E-state index in [1.54, 1.807) is 0 Å². The Hall–Kier alpha value is -2.17. The fourth-order valence-corrected chi connectivity index (χ4v) is 3.07. The Morgan fingerprint density at radius 2 is 2.04 bits per heavy atom. The topological polar surface area (TPSA) is 57.4 Å². The van der Waals surface area contributed by atoms with Gasteiger partial charge in [0.2, 0.25) is 0 Å². The molecule has 3 rings (SSSR count). The molecule has 5 heteroatoms. The SMILES string of the molecule is CC(C)(C)OC(=O)N1CCC(CNc2ccc3[nH]ccc3c2)CC1. The monoisotopic (exact) mass is 329 g/mol. The number of ether oxygens (including phenoxy) is 1. The predicted octanol–water partition coefficient (Wildman–Crippen LogP) is 4.23. The number of H-pyrrole nitrogens is 1. The highest BCUT2D eigenvalue weighted by molar-refractivity contribution is 5.82. The molecular weight excluding hydrogens is 302 g/mol. The van der Waals surface area contributed by atoms with Crippen molar-refractivity contribution in [2.45, 2.75) is 39.2 Å². The summed E-state index contributed by atoms with van der Waals surface area (Å²) in [5, 5.41) is 4.75. The lowest BCUT2D eigenvalue weighted by atomic mass is 9.97. The highest BCUT2D eigenvalue weighted by Crippen LogP contribution is 2.22. The van der Waals surface area contributed by atoms with Crippen molar-refractivity contribution in [3.8, 4) is 0 Å². The molecule has 0 aliphatic carbocycles. The standard InChI is InChI=1S/C19H27N3O2/c1-19(2,3)24-18(23)22-10-7-14(8-11-22)13-21-16-4-5-17-15(12-16)6-9-20-17/h4-6,9,12,14,20-21H,7-8,10-11,13H2,1-3H3. The van der Waals surface area contributed by atoms with Crippen LogP contribution in [0.1, 0.15) is 33.6 Å². The van der Waals surface area contributed by atoms with Crippen LogP contribution < -0.4 is 5.32 Å². The molecule has 0 bridgehead atoms. The third kappa shape index (κ3) is 4.22. The lowest BCUT2D eigenvalue weighted by molar-refractivity contribution is 0.0188. The van der Waals surface area contributed by atoms with Crippen LogP contribution in [0.15, 0.2) is 30.5 Å². The normalized spacial score (nSPS) is 16.4. The van der Waals surface area contributed by atoms with E-state index in [0.717, 1.165) is 43.7 Å². The van der Waals surface area contributed by atoms with Crippen molar-refractivity contribution in [1.29, 1.82) is 0 Å². The molecule has 0 atom stereocenters. The van der Waals surface area contributed by atoms with Crippen molar-refractivity contribution < 1.29 is 9.53 Å². The Kier molecular flexibility index (Phi) is 4.69. The Balaban J connectivity index is 1.46. The maximum absolute atomic E-state index is 12.1. The Bertz CT molecular complexity index is 694. The van der Waals surface area contributed by atoms with Gasteiger partial charge in [0.15, 0.2) is 0 Å². The molecule has 1 aliphatic rings. The zero-order valence-corrected chi connectivity index (χ0v) is 14.8. The summed E-state index contributed by atoms with van der Waals surface area (Å²) in [7, 11) is 0. The van der Waals surface area contributed by atoms with E-state index < -0.39 is 5.60 Å².